The zero-order valence-corrected chi connectivity index (χ0v) is 12.7. The topological polar surface area (TPSA) is 20.3 Å². The zero-order chi connectivity index (χ0) is 15.5. The largest absolute Gasteiger partial charge is 0.292 e. The number of hydrogen-bond donors (Lipinski definition) is 0. The number of carbonyl (C=O) groups excluding carboxylic acids is 1. The first kappa shape index (κ1) is 14.9. The highest BCUT2D eigenvalue weighted by Gasteiger charge is 2.18. The number of carbonyl (C=O) groups is 1. The van der Waals surface area contributed by atoms with E-state index in [1.165, 1.54) is 18.2 Å². The maximum atomic E-state index is 13.2. The Morgan fingerprint density at radius 2 is 1.82 bits per heavy atom. The fraction of sp³-hybridized carbons (Fsp3) is 0.167. The van der Waals surface area contributed by atoms with E-state index >= 15 is 0 Å². The third kappa shape index (κ3) is 3.11. The predicted molar refractivity (Wildman–Crippen MR) is 85.7 cm³/mol. The zero-order valence-electron chi connectivity index (χ0n) is 11.9. The molecule has 4 heteroatoms. The maximum Gasteiger partial charge on any atom is 0.194 e. The van der Waals surface area contributed by atoms with Crippen molar-refractivity contribution < 1.29 is 9.18 Å². The number of ketones is 1. The van der Waals surface area contributed by atoms with Gasteiger partial charge < -0.3 is 0 Å². The predicted octanol–water partition coefficient (Wildman–Crippen LogP) is 4.08. The molecule has 0 bridgehead atoms. The standard InChI is InChI=1S/C18H15ClFNO/c19-17-11-14(20)7-8-16(17)18(22)15-6-2-1-5-13(15)12-21-9-3-4-10-21/h1-8,11H,9-10,12H2. The van der Waals surface area contributed by atoms with E-state index in [4.69, 9.17) is 11.6 Å². The van der Waals surface area contributed by atoms with Gasteiger partial charge in [0.25, 0.3) is 0 Å². The number of hydrogen-bond acceptors (Lipinski definition) is 2. The monoisotopic (exact) mass is 315 g/mol. The van der Waals surface area contributed by atoms with E-state index in [0.29, 0.717) is 17.7 Å². The number of benzene rings is 2. The number of halogens is 2. The first-order valence-electron chi connectivity index (χ1n) is 7.10. The molecule has 0 aliphatic carbocycles. The molecule has 112 valence electrons. The summed E-state index contributed by atoms with van der Waals surface area (Å²) in [6.07, 6.45) is 4.22. The van der Waals surface area contributed by atoms with Gasteiger partial charge >= 0.3 is 0 Å². The Hall–Kier alpha value is -1.97. The van der Waals surface area contributed by atoms with Crippen molar-refractivity contribution in [3.8, 4) is 0 Å². The fourth-order valence-corrected chi connectivity index (χ4v) is 2.84. The Bertz CT molecular complexity index is 734. The molecule has 1 heterocycles. The van der Waals surface area contributed by atoms with Crippen LogP contribution < -0.4 is 0 Å². The van der Waals surface area contributed by atoms with Crippen molar-refractivity contribution in [2.24, 2.45) is 0 Å². The maximum absolute atomic E-state index is 13.2. The Morgan fingerprint density at radius 3 is 2.55 bits per heavy atom. The van der Waals surface area contributed by atoms with Gasteiger partial charge in [0, 0.05) is 30.8 Å². The molecule has 0 unspecified atom stereocenters. The van der Waals surface area contributed by atoms with Crippen LogP contribution in [-0.2, 0) is 6.54 Å². The Balaban J connectivity index is 1.91. The molecule has 0 spiro atoms. The van der Waals surface area contributed by atoms with E-state index < -0.39 is 5.82 Å². The highest BCUT2D eigenvalue weighted by Crippen LogP contribution is 2.23. The molecule has 0 amide bonds. The van der Waals surface area contributed by atoms with E-state index in [9.17, 15) is 9.18 Å². The van der Waals surface area contributed by atoms with Crippen LogP contribution in [-0.4, -0.2) is 23.8 Å². The minimum Gasteiger partial charge on any atom is -0.292 e. The van der Waals surface area contributed by atoms with E-state index in [1.807, 2.05) is 18.2 Å². The quantitative estimate of drug-likeness (QED) is 0.626. The van der Waals surface area contributed by atoms with E-state index in [-0.39, 0.29) is 10.8 Å². The lowest BCUT2D eigenvalue weighted by molar-refractivity contribution is 0.103. The molecule has 0 saturated heterocycles. The number of nitrogens with zero attached hydrogens (tertiary/aromatic N) is 1. The second kappa shape index (κ2) is 6.42. The molecule has 22 heavy (non-hydrogen) atoms. The summed E-state index contributed by atoms with van der Waals surface area (Å²) in [5.74, 6) is -0.620. The third-order valence-corrected chi connectivity index (χ3v) is 4.04. The van der Waals surface area contributed by atoms with Gasteiger partial charge in [-0.2, -0.15) is 0 Å². The average Bonchev–Trinajstić information content (AvgIpc) is 3.00. The van der Waals surface area contributed by atoms with Crippen LogP contribution in [0.25, 0.3) is 0 Å². The van der Waals surface area contributed by atoms with Crippen molar-refractivity contribution in [2.75, 3.05) is 13.1 Å². The molecule has 0 fully saturated rings. The summed E-state index contributed by atoms with van der Waals surface area (Å²) in [4.78, 5) is 15.0. The highest BCUT2D eigenvalue weighted by molar-refractivity contribution is 6.35. The van der Waals surface area contributed by atoms with Crippen LogP contribution in [0.2, 0.25) is 5.02 Å². The van der Waals surface area contributed by atoms with Gasteiger partial charge in [-0.05, 0) is 23.8 Å². The molecule has 0 saturated carbocycles. The van der Waals surface area contributed by atoms with Crippen molar-refractivity contribution >= 4 is 17.4 Å². The minimum atomic E-state index is -0.446. The SMILES string of the molecule is O=C(c1ccc(F)cc1Cl)c1ccccc1CN1CC=CC1. The van der Waals surface area contributed by atoms with Gasteiger partial charge in [0.1, 0.15) is 5.82 Å². The van der Waals surface area contributed by atoms with Gasteiger partial charge in [0.05, 0.1) is 5.02 Å². The van der Waals surface area contributed by atoms with Crippen LogP contribution in [0.15, 0.2) is 54.6 Å². The van der Waals surface area contributed by atoms with Crippen molar-refractivity contribution in [1.82, 2.24) is 4.90 Å². The lowest BCUT2D eigenvalue weighted by Gasteiger charge is -2.17. The lowest BCUT2D eigenvalue weighted by Crippen LogP contribution is -2.21. The smallest absolute Gasteiger partial charge is 0.194 e. The van der Waals surface area contributed by atoms with Crippen molar-refractivity contribution in [3.05, 3.63) is 82.1 Å². The van der Waals surface area contributed by atoms with Gasteiger partial charge in [-0.25, -0.2) is 4.39 Å². The number of rotatable bonds is 4. The fourth-order valence-electron chi connectivity index (χ4n) is 2.59. The van der Waals surface area contributed by atoms with Crippen LogP contribution in [0.3, 0.4) is 0 Å². The van der Waals surface area contributed by atoms with Crippen LogP contribution in [0, 0.1) is 5.82 Å². The van der Waals surface area contributed by atoms with Crippen molar-refractivity contribution in [2.45, 2.75) is 6.54 Å². The summed E-state index contributed by atoms with van der Waals surface area (Å²) in [6, 6.07) is 11.4. The molecule has 3 rings (SSSR count). The van der Waals surface area contributed by atoms with Gasteiger partial charge in [0.2, 0.25) is 0 Å². The second-order valence-corrected chi connectivity index (χ2v) is 5.68. The molecule has 0 atom stereocenters. The lowest BCUT2D eigenvalue weighted by atomic mass is 9.98. The molecular formula is C18H15ClFNO. The summed E-state index contributed by atoms with van der Waals surface area (Å²) in [6.45, 7) is 2.48. The van der Waals surface area contributed by atoms with E-state index in [0.717, 1.165) is 18.7 Å². The van der Waals surface area contributed by atoms with Gasteiger partial charge in [-0.3, -0.25) is 9.69 Å². The molecule has 2 aromatic carbocycles. The van der Waals surface area contributed by atoms with Gasteiger partial charge in [-0.15, -0.1) is 0 Å². The molecule has 0 N–H and O–H groups in total. The molecule has 1 aliphatic heterocycles. The molecular weight excluding hydrogens is 301 g/mol. The molecule has 0 radical (unpaired) electrons. The molecule has 2 aromatic rings. The van der Waals surface area contributed by atoms with Crippen molar-refractivity contribution in [1.29, 1.82) is 0 Å². The molecule has 0 aromatic heterocycles. The van der Waals surface area contributed by atoms with Gasteiger partial charge in [-0.1, -0.05) is 48.0 Å². The first-order chi connectivity index (χ1) is 10.6. The third-order valence-electron chi connectivity index (χ3n) is 3.73. The summed E-state index contributed by atoms with van der Waals surface area (Å²) in [5, 5.41) is 0.141. The average molecular weight is 316 g/mol. The molecule has 2 nitrogen and oxygen atoms in total. The summed E-state index contributed by atoms with van der Waals surface area (Å²) in [7, 11) is 0. The van der Waals surface area contributed by atoms with Crippen LogP contribution >= 0.6 is 11.6 Å². The second-order valence-electron chi connectivity index (χ2n) is 5.28. The Morgan fingerprint density at radius 1 is 1.09 bits per heavy atom. The van der Waals surface area contributed by atoms with E-state index in [2.05, 4.69) is 17.1 Å². The minimum absolute atomic E-state index is 0.141. The summed E-state index contributed by atoms with van der Waals surface area (Å²) in [5.41, 5.74) is 1.90. The highest BCUT2D eigenvalue weighted by atomic mass is 35.5. The van der Waals surface area contributed by atoms with Gasteiger partial charge in [0.15, 0.2) is 5.78 Å². The van der Waals surface area contributed by atoms with Crippen LogP contribution in [0.4, 0.5) is 4.39 Å². The molecule has 1 aliphatic rings. The Kier molecular flexibility index (Phi) is 4.36. The van der Waals surface area contributed by atoms with Crippen molar-refractivity contribution in [3.63, 3.8) is 0 Å². The normalized spacial score (nSPS) is 14.5. The van der Waals surface area contributed by atoms with Crippen LogP contribution in [0.1, 0.15) is 21.5 Å². The summed E-state index contributed by atoms with van der Waals surface area (Å²) >= 11 is 6.02. The summed E-state index contributed by atoms with van der Waals surface area (Å²) < 4.78 is 13.2. The first-order valence-corrected chi connectivity index (χ1v) is 7.48. The van der Waals surface area contributed by atoms with Crippen LogP contribution in [0.5, 0.6) is 0 Å². The van der Waals surface area contributed by atoms with E-state index in [1.54, 1.807) is 6.07 Å². The Labute approximate surface area is 133 Å².